The van der Waals surface area contributed by atoms with E-state index in [2.05, 4.69) is 20.8 Å². The van der Waals surface area contributed by atoms with Gasteiger partial charge in [0.2, 0.25) is 0 Å². The van der Waals surface area contributed by atoms with Crippen LogP contribution in [0, 0.1) is 0 Å². The molecule has 0 aromatic heterocycles. The van der Waals surface area contributed by atoms with Gasteiger partial charge in [-0.1, -0.05) is 290 Å². The standard InChI is InChI=1S/C72H145N4O13.ClH/c1-4-7-10-13-16-19-22-25-28-31-34-37-40-43-46-49-52-76(53-50-47-44-41-38-35-32-29-26-23-20-17-14-11-8-5-2,54-51-48-45-42-39-36-33-30-27-24-21-18-15-12-9-6-3)72(57-79)68(83)65(82)62(75)71(89-72)88-67-59(56-78)86-70(61(74)64(67)81)87-66-58(55-77)85-69(84)60(73)63(66)80;/h58-71,77-84H,4-57,73-75H2,1-3H3;1H/q+1;/p-1/t58-,59-,60-,61-,62-,63-,64-,65-,66?,67?,68+,69-,70+,71+,72-;/m1./s1. The maximum Gasteiger partial charge on any atom is 0.258 e. The van der Waals surface area contributed by atoms with Gasteiger partial charge in [-0.25, -0.2) is 0 Å². The van der Waals surface area contributed by atoms with Gasteiger partial charge in [-0.15, -0.1) is 0 Å². The summed E-state index contributed by atoms with van der Waals surface area (Å²) in [6.07, 6.45) is 43.5. The highest BCUT2D eigenvalue weighted by atomic mass is 35.5. The van der Waals surface area contributed by atoms with Gasteiger partial charge >= 0.3 is 0 Å². The van der Waals surface area contributed by atoms with Gasteiger partial charge in [0.15, 0.2) is 25.0 Å². The molecule has 0 aliphatic carbocycles. The van der Waals surface area contributed by atoms with Gasteiger partial charge in [0.25, 0.3) is 5.72 Å². The molecule has 3 aliphatic rings. The van der Waals surface area contributed by atoms with Gasteiger partial charge in [0, 0.05) is 0 Å². The number of unbranched alkanes of at least 4 members (excludes halogenated alkanes) is 45. The minimum absolute atomic E-state index is 0. The number of aliphatic hydroxyl groups is 8. The van der Waals surface area contributed by atoms with Crippen LogP contribution >= 0.6 is 0 Å². The van der Waals surface area contributed by atoms with Gasteiger partial charge in [0.1, 0.15) is 49.3 Å². The molecule has 15 atom stereocenters. The van der Waals surface area contributed by atoms with Crippen LogP contribution in [-0.2, 0) is 23.7 Å². The van der Waals surface area contributed by atoms with E-state index in [1.807, 2.05) is 0 Å². The molecule has 0 radical (unpaired) electrons. The maximum absolute atomic E-state index is 12.6. The molecule has 17 nitrogen and oxygen atoms in total. The number of aliphatic hydroxyl groups excluding tert-OH is 8. The highest BCUT2D eigenvalue weighted by Gasteiger charge is 2.65. The molecule has 0 spiro atoms. The zero-order valence-electron chi connectivity index (χ0n) is 57.9. The number of rotatable bonds is 59. The topological polar surface area (TPSA) is 286 Å². The molecule has 3 saturated heterocycles. The van der Waals surface area contributed by atoms with Crippen LogP contribution in [0.4, 0.5) is 0 Å². The Bertz CT molecular complexity index is 1530. The van der Waals surface area contributed by atoms with E-state index in [1.54, 1.807) is 0 Å². The summed E-state index contributed by atoms with van der Waals surface area (Å²) in [5.74, 6) is 0. The van der Waals surface area contributed by atoms with Gasteiger partial charge in [-0.05, 0) is 38.5 Å². The molecule has 3 fully saturated rings. The van der Waals surface area contributed by atoms with Crippen molar-refractivity contribution in [2.75, 3.05) is 39.5 Å². The molecular weight excluding hydrogens is 1160 g/mol. The number of quaternary nitrogens is 1. The van der Waals surface area contributed by atoms with Crippen molar-refractivity contribution < 1.29 is 81.4 Å². The lowest BCUT2D eigenvalue weighted by Gasteiger charge is -2.59. The van der Waals surface area contributed by atoms with Gasteiger partial charge in [-0.3, -0.25) is 9.22 Å². The lowest BCUT2D eigenvalue weighted by molar-refractivity contribution is -1.01. The first-order chi connectivity index (χ1) is 43.3. The van der Waals surface area contributed by atoms with E-state index in [0.29, 0.717) is 19.6 Å². The van der Waals surface area contributed by atoms with E-state index in [0.717, 1.165) is 77.0 Å². The Balaban J connectivity index is 0.0000276. The van der Waals surface area contributed by atoms with Crippen molar-refractivity contribution >= 4 is 0 Å². The fourth-order valence-corrected chi connectivity index (χ4v) is 14.5. The minimum atomic E-state index is -1.77. The van der Waals surface area contributed by atoms with Crippen LogP contribution in [0.3, 0.4) is 0 Å². The average Bonchev–Trinajstić information content (AvgIpc) is 1.04. The zero-order chi connectivity index (χ0) is 64.8. The first kappa shape index (κ1) is 85.7. The number of hydrogen-bond donors (Lipinski definition) is 11. The predicted octanol–water partition coefficient (Wildman–Crippen LogP) is 9.26. The summed E-state index contributed by atoms with van der Waals surface area (Å²) in [4.78, 5) is 0. The number of ether oxygens (including phenoxy) is 5. The van der Waals surface area contributed by atoms with Crippen LogP contribution < -0.4 is 29.6 Å². The predicted molar refractivity (Wildman–Crippen MR) is 360 cm³/mol. The van der Waals surface area contributed by atoms with E-state index in [1.165, 1.54) is 231 Å². The van der Waals surface area contributed by atoms with Crippen LogP contribution in [0.2, 0.25) is 0 Å². The largest absolute Gasteiger partial charge is 1.00 e. The maximum atomic E-state index is 12.6. The summed E-state index contributed by atoms with van der Waals surface area (Å²) in [5, 5.41) is 90.8. The average molecular weight is 1310 g/mol. The lowest BCUT2D eigenvalue weighted by atomic mass is 9.87. The molecule has 0 bridgehead atoms. The molecule has 18 heteroatoms. The Hall–Kier alpha value is -0.390. The number of nitrogens with two attached hydrogens (primary N) is 3. The van der Waals surface area contributed by atoms with Crippen LogP contribution in [0.1, 0.15) is 329 Å². The van der Waals surface area contributed by atoms with E-state index >= 15 is 0 Å². The minimum Gasteiger partial charge on any atom is -1.00 e. The second kappa shape index (κ2) is 53.6. The Morgan fingerprint density at radius 2 is 0.600 bits per heavy atom. The smallest absolute Gasteiger partial charge is 0.258 e. The Labute approximate surface area is 556 Å². The first-order valence-corrected chi connectivity index (χ1v) is 38.0. The zero-order valence-corrected chi connectivity index (χ0v) is 58.7. The summed E-state index contributed by atoms with van der Waals surface area (Å²) >= 11 is 0. The Morgan fingerprint density at radius 3 is 0.889 bits per heavy atom. The molecule has 14 N–H and O–H groups in total. The van der Waals surface area contributed by atoms with Crippen molar-refractivity contribution in [3.63, 3.8) is 0 Å². The van der Waals surface area contributed by atoms with E-state index in [-0.39, 0.29) is 16.9 Å². The summed E-state index contributed by atoms with van der Waals surface area (Å²) in [6, 6.07) is -4.01. The van der Waals surface area contributed by atoms with E-state index < -0.39 is 111 Å². The molecule has 2 unspecified atom stereocenters. The fraction of sp³-hybridized carbons (Fsp3) is 1.00. The van der Waals surface area contributed by atoms with Gasteiger partial charge in [-0.2, -0.15) is 0 Å². The SMILES string of the molecule is CCCCCCCCCCCCCCCCCC[N+](CCCCCCCCCCCCCCCCCC)(CCCCCCCCCCCCCCCCCC)[C@]1(CO)O[C@H](OC2[C@@H](CO)O[C@@H](OC3[C@@H](CO)O[C@@H](O)[C@H](N)[C@H]3O)[C@H](N)[C@H]2O)[C@H](N)[C@@H](O)[C@@H]1O.[Cl-]. The molecule has 0 amide bonds. The highest BCUT2D eigenvalue weighted by molar-refractivity contribution is 5.01. The first-order valence-electron chi connectivity index (χ1n) is 38.0. The number of hydrogen-bond acceptors (Lipinski definition) is 16. The van der Waals surface area contributed by atoms with Crippen LogP contribution in [0.5, 0.6) is 0 Å². The second-order valence-corrected chi connectivity index (χ2v) is 28.0. The summed E-state index contributed by atoms with van der Waals surface area (Å²) in [6.45, 7) is 6.64. The summed E-state index contributed by atoms with van der Waals surface area (Å²) in [7, 11) is 0. The third-order valence-electron chi connectivity index (χ3n) is 20.6. The lowest BCUT2D eigenvalue weighted by Crippen LogP contribution is -3.00. The molecule has 0 saturated carbocycles. The second-order valence-electron chi connectivity index (χ2n) is 28.0. The molecule has 0 aromatic rings. The number of halogens is 1. The summed E-state index contributed by atoms with van der Waals surface area (Å²) in [5.41, 5.74) is 17.6. The van der Waals surface area contributed by atoms with Crippen molar-refractivity contribution in [1.29, 1.82) is 0 Å². The Morgan fingerprint density at radius 1 is 0.344 bits per heavy atom. The molecule has 3 rings (SSSR count). The molecule has 90 heavy (non-hydrogen) atoms. The normalized spacial score (nSPS) is 28.2. The van der Waals surface area contributed by atoms with Crippen LogP contribution in [-0.4, -0.2) is 176 Å². The fourth-order valence-electron chi connectivity index (χ4n) is 14.5. The van der Waals surface area contributed by atoms with E-state index in [4.69, 9.17) is 40.9 Å². The third-order valence-corrected chi connectivity index (χ3v) is 20.6. The van der Waals surface area contributed by atoms with Crippen molar-refractivity contribution in [3.05, 3.63) is 0 Å². The molecule has 3 aliphatic heterocycles. The molecule has 0 aromatic carbocycles. The highest BCUT2D eigenvalue weighted by Crippen LogP contribution is 2.42. The van der Waals surface area contributed by atoms with Crippen LogP contribution in [0.25, 0.3) is 0 Å². The quantitative estimate of drug-likeness (QED) is 0.0200. The van der Waals surface area contributed by atoms with Gasteiger partial charge < -0.3 is 89.4 Å². The van der Waals surface area contributed by atoms with Crippen molar-refractivity contribution in [2.24, 2.45) is 17.2 Å². The summed E-state index contributed by atoms with van der Waals surface area (Å²) < 4.78 is 31.4. The molecular formula is C72H145ClN4O13. The molecule has 538 valence electrons. The van der Waals surface area contributed by atoms with Crippen molar-refractivity contribution in [3.8, 4) is 0 Å². The van der Waals surface area contributed by atoms with Gasteiger partial charge in [0.05, 0.1) is 51.0 Å². The van der Waals surface area contributed by atoms with Crippen LogP contribution in [0.15, 0.2) is 0 Å². The monoisotopic (exact) mass is 1310 g/mol. The molecule has 3 heterocycles. The third kappa shape index (κ3) is 31.9. The van der Waals surface area contributed by atoms with E-state index in [9.17, 15) is 40.9 Å². The number of nitrogens with zero attached hydrogens (tertiary/aromatic N) is 1. The van der Waals surface area contributed by atoms with Crippen molar-refractivity contribution in [2.45, 2.75) is 421 Å². The Kier molecular flexibility index (Phi) is 51.1. The van der Waals surface area contributed by atoms with Crippen molar-refractivity contribution in [1.82, 2.24) is 0 Å².